The van der Waals surface area contributed by atoms with Gasteiger partial charge in [-0.15, -0.1) is 5.10 Å². The molecule has 1 aromatic carbocycles. The Balaban J connectivity index is 1.48. The lowest BCUT2D eigenvalue weighted by Crippen LogP contribution is -2.29. The van der Waals surface area contributed by atoms with Crippen LogP contribution < -0.4 is 11.1 Å². The van der Waals surface area contributed by atoms with Crippen molar-refractivity contribution >= 4 is 5.82 Å². The van der Waals surface area contributed by atoms with Gasteiger partial charge in [0.2, 0.25) is 0 Å². The quantitative estimate of drug-likeness (QED) is 0.401. The number of benzene rings is 1. The van der Waals surface area contributed by atoms with Crippen LogP contribution in [-0.4, -0.2) is 54.2 Å². The minimum atomic E-state index is -1.08. The van der Waals surface area contributed by atoms with E-state index in [1.165, 1.54) is 12.1 Å². The Labute approximate surface area is 206 Å². The van der Waals surface area contributed by atoms with Crippen molar-refractivity contribution < 1.29 is 13.5 Å². The number of nitrogen functional groups attached to an aromatic ring is 1. The molecule has 0 atom stereocenters. The largest absolute Gasteiger partial charge is 0.383 e. The number of piperidine rings is 1. The number of rotatable bonds is 7. The van der Waals surface area contributed by atoms with E-state index in [9.17, 15) is 4.39 Å². The van der Waals surface area contributed by atoms with Crippen molar-refractivity contribution in [2.45, 2.75) is 45.4 Å². The third kappa shape index (κ3) is 4.69. The SMILES string of the molecule is CC(C)OCc1ccc(-n2nnnc2-c2cc(-c3cnn(C4CCNCC4)c3)cnc2N)c(F)c1F. The van der Waals surface area contributed by atoms with Gasteiger partial charge in [-0.05, 0) is 62.3 Å². The highest BCUT2D eigenvalue weighted by molar-refractivity contribution is 5.76. The summed E-state index contributed by atoms with van der Waals surface area (Å²) >= 11 is 0. The van der Waals surface area contributed by atoms with Gasteiger partial charge in [0.05, 0.1) is 30.5 Å². The molecule has 3 aromatic heterocycles. The van der Waals surface area contributed by atoms with Crippen LogP contribution in [0, 0.1) is 11.6 Å². The Morgan fingerprint density at radius 2 is 1.94 bits per heavy atom. The van der Waals surface area contributed by atoms with Crippen LogP contribution in [0.15, 0.2) is 36.8 Å². The molecule has 12 heteroatoms. The number of anilines is 1. The molecular weight excluding hydrogens is 468 g/mol. The number of nitrogens with one attached hydrogen (secondary N) is 1. The van der Waals surface area contributed by atoms with Gasteiger partial charge < -0.3 is 15.8 Å². The van der Waals surface area contributed by atoms with Crippen LogP contribution in [0.1, 0.15) is 38.3 Å². The molecule has 0 bridgehead atoms. The summed E-state index contributed by atoms with van der Waals surface area (Å²) in [6.07, 6.45) is 7.28. The molecule has 0 radical (unpaired) electrons. The number of halogens is 2. The zero-order valence-corrected chi connectivity index (χ0v) is 20.0. The molecule has 188 valence electrons. The second-order valence-corrected chi connectivity index (χ2v) is 8.99. The first-order valence-electron chi connectivity index (χ1n) is 11.8. The van der Waals surface area contributed by atoms with E-state index in [1.54, 1.807) is 18.5 Å². The fraction of sp³-hybridized carbons (Fsp3) is 0.375. The van der Waals surface area contributed by atoms with Gasteiger partial charge >= 0.3 is 0 Å². The zero-order valence-electron chi connectivity index (χ0n) is 20.0. The molecule has 36 heavy (non-hydrogen) atoms. The van der Waals surface area contributed by atoms with E-state index in [0.29, 0.717) is 11.6 Å². The van der Waals surface area contributed by atoms with Crippen molar-refractivity contribution in [3.8, 4) is 28.2 Å². The van der Waals surface area contributed by atoms with Gasteiger partial charge in [-0.3, -0.25) is 4.68 Å². The van der Waals surface area contributed by atoms with Crippen LogP contribution in [0.25, 0.3) is 28.2 Å². The van der Waals surface area contributed by atoms with Gasteiger partial charge in [0.15, 0.2) is 17.5 Å². The number of hydrogen-bond donors (Lipinski definition) is 2. The van der Waals surface area contributed by atoms with Gasteiger partial charge in [-0.25, -0.2) is 13.8 Å². The fourth-order valence-corrected chi connectivity index (χ4v) is 4.20. The molecule has 1 aliphatic heterocycles. The maximum atomic E-state index is 15.1. The number of aromatic nitrogens is 7. The van der Waals surface area contributed by atoms with Crippen molar-refractivity contribution in [1.82, 2.24) is 40.3 Å². The van der Waals surface area contributed by atoms with E-state index in [4.69, 9.17) is 10.5 Å². The van der Waals surface area contributed by atoms with E-state index in [0.717, 1.165) is 41.7 Å². The molecule has 0 unspecified atom stereocenters. The van der Waals surface area contributed by atoms with E-state index >= 15 is 4.39 Å². The monoisotopic (exact) mass is 495 g/mol. The molecule has 0 aliphatic carbocycles. The van der Waals surface area contributed by atoms with Crippen LogP contribution in [0.3, 0.4) is 0 Å². The van der Waals surface area contributed by atoms with Crippen molar-refractivity contribution in [2.24, 2.45) is 0 Å². The van der Waals surface area contributed by atoms with Crippen molar-refractivity contribution in [3.05, 3.63) is 54.0 Å². The number of pyridine rings is 1. The minimum Gasteiger partial charge on any atom is -0.383 e. The molecule has 5 rings (SSSR count). The van der Waals surface area contributed by atoms with Crippen molar-refractivity contribution in [3.63, 3.8) is 0 Å². The fourth-order valence-electron chi connectivity index (χ4n) is 4.20. The van der Waals surface area contributed by atoms with Gasteiger partial charge in [-0.2, -0.15) is 9.78 Å². The summed E-state index contributed by atoms with van der Waals surface area (Å²) in [7, 11) is 0. The number of nitrogens with two attached hydrogens (primary N) is 1. The predicted molar refractivity (Wildman–Crippen MR) is 129 cm³/mol. The summed E-state index contributed by atoms with van der Waals surface area (Å²) in [5.41, 5.74) is 8.11. The lowest BCUT2D eigenvalue weighted by molar-refractivity contribution is 0.0635. The lowest BCUT2D eigenvalue weighted by atomic mass is 10.1. The highest BCUT2D eigenvalue weighted by atomic mass is 19.2. The Morgan fingerprint density at radius 1 is 1.14 bits per heavy atom. The first-order chi connectivity index (χ1) is 17.4. The molecule has 10 nitrogen and oxygen atoms in total. The minimum absolute atomic E-state index is 0.0485. The van der Waals surface area contributed by atoms with Gasteiger partial charge in [-0.1, -0.05) is 6.07 Å². The second-order valence-electron chi connectivity index (χ2n) is 8.99. The number of nitrogens with zero attached hydrogens (tertiary/aromatic N) is 7. The Morgan fingerprint density at radius 3 is 2.72 bits per heavy atom. The first kappa shape index (κ1) is 23.9. The molecule has 1 saturated heterocycles. The molecule has 1 aliphatic rings. The Kier molecular flexibility index (Phi) is 6.70. The normalized spacial score (nSPS) is 14.6. The molecule has 0 amide bonds. The van der Waals surface area contributed by atoms with Crippen molar-refractivity contribution in [2.75, 3.05) is 18.8 Å². The Hall–Kier alpha value is -3.77. The number of tetrazole rings is 1. The summed E-state index contributed by atoms with van der Waals surface area (Å²) in [6, 6.07) is 4.97. The number of hydrogen-bond acceptors (Lipinski definition) is 8. The van der Waals surface area contributed by atoms with Gasteiger partial charge in [0.25, 0.3) is 0 Å². The average Bonchev–Trinajstić information content (AvgIpc) is 3.56. The molecular formula is C24H27F2N9O. The highest BCUT2D eigenvalue weighted by Gasteiger charge is 2.22. The molecule has 4 aromatic rings. The first-order valence-corrected chi connectivity index (χ1v) is 11.8. The summed E-state index contributed by atoms with van der Waals surface area (Å²) in [5.74, 6) is -1.81. The van der Waals surface area contributed by atoms with Crippen LogP contribution in [0.5, 0.6) is 0 Å². The maximum Gasteiger partial charge on any atom is 0.190 e. The highest BCUT2D eigenvalue weighted by Crippen LogP contribution is 2.31. The van der Waals surface area contributed by atoms with E-state index in [2.05, 4.69) is 30.9 Å². The van der Waals surface area contributed by atoms with E-state index in [1.807, 2.05) is 24.7 Å². The molecule has 1 fully saturated rings. The third-order valence-electron chi connectivity index (χ3n) is 6.19. The molecule has 0 saturated carbocycles. The predicted octanol–water partition coefficient (Wildman–Crippen LogP) is 3.30. The summed E-state index contributed by atoms with van der Waals surface area (Å²) in [4.78, 5) is 4.30. The average molecular weight is 496 g/mol. The smallest absolute Gasteiger partial charge is 0.190 e. The van der Waals surface area contributed by atoms with Crippen molar-refractivity contribution in [1.29, 1.82) is 0 Å². The molecule has 4 heterocycles. The zero-order chi connectivity index (χ0) is 25.2. The summed E-state index contributed by atoms with van der Waals surface area (Å²) in [6.45, 7) is 5.51. The Bertz CT molecular complexity index is 1360. The standard InChI is InChI=1S/C24H27F2N9O/c1-14(2)36-13-15-3-4-20(22(26)21(15)25)35-24(31-32-33-35)19-9-16(10-29-23(19)27)17-11-30-34(12-17)18-5-7-28-8-6-18/h3-4,9-12,14,18,28H,5-8,13H2,1-2H3,(H2,27,29). The topological polar surface area (TPSA) is 122 Å². The van der Waals surface area contributed by atoms with E-state index in [-0.39, 0.29) is 35.6 Å². The lowest BCUT2D eigenvalue weighted by Gasteiger charge is -2.22. The molecule has 0 spiro atoms. The van der Waals surface area contributed by atoms with Crippen LogP contribution in [-0.2, 0) is 11.3 Å². The maximum absolute atomic E-state index is 15.1. The number of ether oxygens (including phenoxy) is 1. The summed E-state index contributed by atoms with van der Waals surface area (Å²) < 4.78 is 38.3. The van der Waals surface area contributed by atoms with Crippen LogP contribution in [0.4, 0.5) is 14.6 Å². The van der Waals surface area contributed by atoms with E-state index < -0.39 is 11.6 Å². The summed E-state index contributed by atoms with van der Waals surface area (Å²) in [5, 5.41) is 19.5. The van der Waals surface area contributed by atoms with Crippen LogP contribution in [0.2, 0.25) is 0 Å². The second kappa shape index (κ2) is 10.1. The van der Waals surface area contributed by atoms with Gasteiger partial charge in [0, 0.05) is 29.1 Å². The van der Waals surface area contributed by atoms with Crippen LogP contribution >= 0.6 is 0 Å². The van der Waals surface area contributed by atoms with Gasteiger partial charge in [0.1, 0.15) is 11.5 Å². The third-order valence-corrected chi connectivity index (χ3v) is 6.19. The molecule has 3 N–H and O–H groups in total.